The molecule has 0 bridgehead atoms. The molecule has 426 valence electrons. The van der Waals surface area contributed by atoms with E-state index in [1.807, 2.05) is 48.5 Å². The summed E-state index contributed by atoms with van der Waals surface area (Å²) in [6.45, 7) is 29.2. The number of benzene rings is 4. The van der Waals surface area contributed by atoms with E-state index in [1.54, 1.807) is 28.4 Å². The molecular weight excluding hydrogens is 1010 g/mol. The van der Waals surface area contributed by atoms with Gasteiger partial charge in [0.2, 0.25) is 0 Å². The lowest BCUT2D eigenvalue weighted by Gasteiger charge is -2.22. The van der Waals surface area contributed by atoms with E-state index in [9.17, 15) is 0 Å². The Morgan fingerprint density at radius 2 is 0.766 bits per heavy atom. The van der Waals surface area contributed by atoms with E-state index in [0.29, 0.717) is 51.9 Å². The Labute approximate surface area is 461 Å². The molecule has 3 heterocycles. The Morgan fingerprint density at radius 1 is 0.442 bits per heavy atom. The number of rotatable bonds is 23. The van der Waals surface area contributed by atoms with Crippen molar-refractivity contribution in [3.8, 4) is 23.0 Å². The van der Waals surface area contributed by atoms with Gasteiger partial charge >= 0.3 is 16.5 Å². The van der Waals surface area contributed by atoms with E-state index in [4.69, 9.17) is 54.3 Å². The van der Waals surface area contributed by atoms with Crippen LogP contribution in [0.3, 0.4) is 0 Å². The quantitative estimate of drug-likeness (QED) is 0.0567. The van der Waals surface area contributed by atoms with Crippen molar-refractivity contribution in [2.45, 2.75) is 207 Å². The van der Waals surface area contributed by atoms with E-state index in [-0.39, 0.29) is 34.9 Å². The van der Waals surface area contributed by atoms with Gasteiger partial charge < -0.3 is 45.2 Å². The minimum absolute atomic E-state index is 0.0622. The molecule has 1 saturated heterocycles. The van der Waals surface area contributed by atoms with Gasteiger partial charge in [0, 0.05) is 50.4 Å². The van der Waals surface area contributed by atoms with Crippen molar-refractivity contribution in [3.63, 3.8) is 0 Å². The number of fused-ring (bicyclic) bond motifs is 6. The lowest BCUT2D eigenvalue weighted by molar-refractivity contribution is 0.00412. The van der Waals surface area contributed by atoms with Gasteiger partial charge in [0.1, 0.15) is 63.6 Å². The van der Waals surface area contributed by atoms with E-state index in [1.165, 1.54) is 64.2 Å². The van der Waals surface area contributed by atoms with Crippen LogP contribution in [-0.2, 0) is 31.1 Å². The molecule has 3 atom stereocenters. The first-order valence-electron chi connectivity index (χ1n) is 28.2. The van der Waals surface area contributed by atoms with Crippen LogP contribution in [0, 0.1) is 0 Å². The maximum atomic E-state index is 7.27. The maximum absolute atomic E-state index is 7.27. The zero-order valence-corrected chi connectivity index (χ0v) is 51.5. The summed E-state index contributed by atoms with van der Waals surface area (Å²) in [4.78, 5) is 0. The summed E-state index contributed by atoms with van der Waals surface area (Å²) in [5.41, 5.74) is 5.09. The highest BCUT2D eigenvalue weighted by Crippen LogP contribution is 2.48. The minimum atomic E-state index is -2.15. The Kier molecular flexibility index (Phi) is 20.3. The first-order chi connectivity index (χ1) is 36.5. The van der Waals surface area contributed by atoms with Crippen LogP contribution < -0.4 is 28.0 Å². The normalized spacial score (nSPS) is 16.5. The number of hydrogen-bond acceptors (Lipinski definition) is 12. The molecule has 0 unspecified atom stereocenters. The van der Waals surface area contributed by atoms with Gasteiger partial charge in [-0.25, -0.2) is 0 Å². The molecule has 77 heavy (non-hydrogen) atoms. The van der Waals surface area contributed by atoms with Gasteiger partial charge in [0.05, 0.1) is 41.7 Å². The van der Waals surface area contributed by atoms with Crippen molar-refractivity contribution in [1.82, 2.24) is 0 Å². The highest BCUT2D eigenvalue weighted by molar-refractivity contribution is 7.32. The number of ether oxygens (including phenoxy) is 6. The zero-order valence-electron chi connectivity index (χ0n) is 49.8. The molecule has 0 aliphatic carbocycles. The third kappa shape index (κ3) is 14.9. The van der Waals surface area contributed by atoms with E-state index < -0.39 is 34.8 Å². The molecule has 0 saturated carbocycles. The van der Waals surface area contributed by atoms with Crippen LogP contribution in [-0.4, -0.2) is 66.6 Å². The first-order valence-corrected chi connectivity index (χ1v) is 30.4. The summed E-state index contributed by atoms with van der Waals surface area (Å²) < 4.78 is 79.7. The summed E-state index contributed by atoms with van der Waals surface area (Å²) >= 11 is 0. The van der Waals surface area contributed by atoms with E-state index in [2.05, 4.69) is 90.0 Å². The molecule has 7 rings (SSSR count). The highest BCUT2D eigenvalue weighted by Gasteiger charge is 2.42. The van der Waals surface area contributed by atoms with Crippen LogP contribution >= 0.6 is 16.5 Å². The molecular formula is C63H92O12P2. The standard InChI is InChI=1S/C63H92O12P2/c1-18-19-20-21-22-23-24-25-26-27-28-29-30-68-53-39-69-54(40-70-76-71-55-45(31-41(64-14)35-49(55)60(2,3)4)46-32-42(65-15)36-50(56(46)72-76)61(5,6)7)59(53)75-77-73-57-47(33-43(66-16)37-51(57)62(8,9)10)48-34-44(67-17)38-52(58(48)74-77)63(11,12)13/h31-38,53-54,59H,18-30,39-40H2,1-17H3/t53-,54+,59+/m0/s1. The van der Waals surface area contributed by atoms with Crippen molar-refractivity contribution >= 4 is 60.4 Å². The van der Waals surface area contributed by atoms with Gasteiger partial charge in [-0.05, 0) is 76.6 Å². The number of methoxy groups -OCH3 is 4. The monoisotopic (exact) mass is 1100 g/mol. The molecule has 14 heteroatoms. The number of hydrogen-bond donors (Lipinski definition) is 0. The second kappa shape index (κ2) is 25.9. The largest absolute Gasteiger partial charge is 0.497 e. The van der Waals surface area contributed by atoms with Gasteiger partial charge in [-0.2, -0.15) is 0 Å². The molecule has 1 aliphatic heterocycles. The molecule has 0 radical (unpaired) electrons. The van der Waals surface area contributed by atoms with E-state index >= 15 is 0 Å². The van der Waals surface area contributed by atoms with Crippen LogP contribution in [0.25, 0.3) is 43.9 Å². The van der Waals surface area contributed by atoms with Crippen molar-refractivity contribution in [2.24, 2.45) is 0 Å². The SMILES string of the molecule is CCCCCCCCCCCCCCO[C@H]1CO[C@H](COp2oc3c(C(C)(C)C)cc(OC)cc3c3cc(OC)cc(C(C)(C)C)c3o2)[C@@H]1Op1oc2c(C(C)(C)C)cc(OC)cc2c2cc(OC)cc(C(C)(C)C)c2o1. The highest BCUT2D eigenvalue weighted by atomic mass is 31.1. The van der Waals surface area contributed by atoms with Crippen LogP contribution in [0.1, 0.15) is 189 Å². The number of unbranched alkanes of at least 4 members (excludes halogenated alkanes) is 11. The molecule has 0 amide bonds. The minimum Gasteiger partial charge on any atom is -0.497 e. The molecule has 0 spiro atoms. The van der Waals surface area contributed by atoms with Crippen LogP contribution in [0.2, 0.25) is 0 Å². The van der Waals surface area contributed by atoms with Crippen molar-refractivity contribution in [3.05, 3.63) is 70.8 Å². The van der Waals surface area contributed by atoms with Crippen LogP contribution in [0.15, 0.2) is 65.3 Å². The third-order valence-electron chi connectivity index (χ3n) is 14.8. The van der Waals surface area contributed by atoms with Gasteiger partial charge in [-0.3, -0.25) is 9.05 Å². The maximum Gasteiger partial charge on any atom is 0.387 e. The van der Waals surface area contributed by atoms with Crippen molar-refractivity contribution in [1.29, 1.82) is 0 Å². The Balaban J connectivity index is 1.31. The summed E-state index contributed by atoms with van der Waals surface area (Å²) in [5.74, 6) is 2.84. The van der Waals surface area contributed by atoms with Crippen molar-refractivity contribution in [2.75, 3.05) is 48.3 Å². The predicted molar refractivity (Wildman–Crippen MR) is 316 cm³/mol. The predicted octanol–water partition coefficient (Wildman–Crippen LogP) is 18.5. The molecule has 1 fully saturated rings. The average molecular weight is 1100 g/mol. The fraction of sp³-hybridized carbons (Fsp3) is 0.619. The molecule has 1 aliphatic rings. The third-order valence-corrected chi connectivity index (χ3v) is 16.9. The molecule has 12 nitrogen and oxygen atoms in total. The first kappa shape index (κ1) is 60.4. The summed E-state index contributed by atoms with van der Waals surface area (Å²) in [6.07, 6.45) is 13.4. The second-order valence-electron chi connectivity index (χ2n) is 25.1. The fourth-order valence-corrected chi connectivity index (χ4v) is 12.6. The van der Waals surface area contributed by atoms with Crippen LogP contribution in [0.5, 0.6) is 23.0 Å². The van der Waals surface area contributed by atoms with Gasteiger partial charge in [-0.15, -0.1) is 0 Å². The smallest absolute Gasteiger partial charge is 0.387 e. The Hall–Kier alpha value is -4.28. The fourth-order valence-electron chi connectivity index (χ4n) is 10.2. The second-order valence-corrected chi connectivity index (χ2v) is 27.1. The molecule has 6 aromatic rings. The average Bonchev–Trinajstić information content (AvgIpc) is 3.64. The lowest BCUT2D eigenvalue weighted by Crippen LogP contribution is -2.39. The molecule has 4 aromatic carbocycles. The van der Waals surface area contributed by atoms with Crippen LogP contribution in [0.4, 0.5) is 0 Å². The topological polar surface area (TPSA) is 126 Å². The Morgan fingerprint density at radius 3 is 1.09 bits per heavy atom. The zero-order chi connectivity index (χ0) is 55.9. The van der Waals surface area contributed by atoms with E-state index in [0.717, 1.165) is 56.6 Å². The van der Waals surface area contributed by atoms with Crippen molar-refractivity contribution < 1.29 is 54.3 Å². The van der Waals surface area contributed by atoms with Gasteiger partial charge in [0.15, 0.2) is 0 Å². The summed E-state index contributed by atoms with van der Waals surface area (Å²) in [5, 5.41) is 3.32. The molecule has 0 N–H and O–H groups in total. The Bertz CT molecular complexity index is 2830. The summed E-state index contributed by atoms with van der Waals surface area (Å²) in [6, 6.07) is 16.2. The lowest BCUT2D eigenvalue weighted by atomic mass is 9.84. The molecule has 2 aromatic heterocycles. The van der Waals surface area contributed by atoms with Gasteiger partial charge in [0.25, 0.3) is 0 Å². The summed E-state index contributed by atoms with van der Waals surface area (Å²) in [7, 11) is 2.53. The van der Waals surface area contributed by atoms with Gasteiger partial charge in [-0.1, -0.05) is 161 Å².